The second-order valence-electron chi connectivity index (χ2n) is 10.6. The van der Waals surface area contributed by atoms with Crippen molar-refractivity contribution in [1.82, 2.24) is 15.4 Å². The van der Waals surface area contributed by atoms with E-state index >= 15 is 0 Å². The lowest BCUT2D eigenvalue weighted by molar-refractivity contribution is -0.123. The molecule has 3 aliphatic rings. The van der Waals surface area contributed by atoms with Gasteiger partial charge in [-0.25, -0.2) is 0 Å². The predicted molar refractivity (Wildman–Crippen MR) is 134 cm³/mol. The molecule has 7 heteroatoms. The molecule has 2 aromatic rings. The number of benzene rings is 1. The fourth-order valence-electron chi connectivity index (χ4n) is 6.22. The molecule has 5 rings (SSSR count). The summed E-state index contributed by atoms with van der Waals surface area (Å²) in [5.74, 6) is 2.54. The van der Waals surface area contributed by atoms with Crippen LogP contribution in [-0.2, 0) is 9.53 Å². The lowest BCUT2D eigenvalue weighted by atomic mass is 9.84. The molecule has 1 aliphatic heterocycles. The smallest absolute Gasteiger partial charge is 0.220 e. The molecule has 0 bridgehead atoms. The second-order valence-corrected chi connectivity index (χ2v) is 10.6. The van der Waals surface area contributed by atoms with Crippen molar-refractivity contribution in [3.63, 3.8) is 0 Å². The molecular weight excluding hydrogens is 428 g/mol. The quantitative estimate of drug-likeness (QED) is 0.626. The number of carbonyl (C=O) groups excluding carboxylic acids is 1. The van der Waals surface area contributed by atoms with Crippen LogP contribution in [0.3, 0.4) is 0 Å². The van der Waals surface area contributed by atoms with Crippen LogP contribution in [0.4, 0.5) is 5.82 Å². The molecule has 0 radical (unpaired) electrons. The second kappa shape index (κ2) is 11.1. The summed E-state index contributed by atoms with van der Waals surface area (Å²) in [6, 6.07) is 8.49. The molecule has 186 valence electrons. The molecule has 0 spiro atoms. The zero-order chi connectivity index (χ0) is 23.3. The van der Waals surface area contributed by atoms with Crippen LogP contribution in [0.2, 0.25) is 0 Å². The Bertz CT molecular complexity index is 931. The van der Waals surface area contributed by atoms with Crippen molar-refractivity contribution < 1.29 is 14.1 Å². The third-order valence-corrected chi connectivity index (χ3v) is 8.40. The van der Waals surface area contributed by atoms with Crippen molar-refractivity contribution in [3.8, 4) is 0 Å². The van der Waals surface area contributed by atoms with Gasteiger partial charge >= 0.3 is 0 Å². The average molecular weight is 469 g/mol. The van der Waals surface area contributed by atoms with Crippen molar-refractivity contribution >= 4 is 22.7 Å². The van der Waals surface area contributed by atoms with Crippen molar-refractivity contribution in [2.45, 2.75) is 69.9 Å². The van der Waals surface area contributed by atoms with Crippen LogP contribution in [0.15, 0.2) is 28.8 Å². The van der Waals surface area contributed by atoms with Crippen molar-refractivity contribution in [2.75, 3.05) is 44.7 Å². The summed E-state index contributed by atoms with van der Waals surface area (Å²) in [4.78, 5) is 17.4. The molecule has 1 amide bonds. The van der Waals surface area contributed by atoms with E-state index < -0.39 is 0 Å². The van der Waals surface area contributed by atoms with Gasteiger partial charge in [0.15, 0.2) is 11.4 Å². The molecular formula is C27H40N4O3. The minimum Gasteiger partial charge on any atom is -0.381 e. The summed E-state index contributed by atoms with van der Waals surface area (Å²) >= 11 is 0. The molecule has 1 N–H and O–H groups in total. The van der Waals surface area contributed by atoms with E-state index in [0.717, 1.165) is 81.0 Å². The topological polar surface area (TPSA) is 70.8 Å². The van der Waals surface area contributed by atoms with Crippen LogP contribution in [0.25, 0.3) is 11.0 Å². The highest BCUT2D eigenvalue weighted by atomic mass is 16.5. The number of carbonyl (C=O) groups is 1. The van der Waals surface area contributed by atoms with Crippen molar-refractivity contribution in [3.05, 3.63) is 24.3 Å². The molecule has 1 aromatic heterocycles. The summed E-state index contributed by atoms with van der Waals surface area (Å²) < 4.78 is 10.9. The highest BCUT2D eigenvalue weighted by molar-refractivity contribution is 5.88. The summed E-state index contributed by atoms with van der Waals surface area (Å²) in [5.41, 5.74) is 0.866. The Morgan fingerprint density at radius 1 is 1.06 bits per heavy atom. The highest BCUT2D eigenvalue weighted by Gasteiger charge is 2.28. The van der Waals surface area contributed by atoms with E-state index in [0.29, 0.717) is 24.5 Å². The Kier molecular flexibility index (Phi) is 7.70. The van der Waals surface area contributed by atoms with Crippen LogP contribution < -0.4 is 10.2 Å². The molecule has 2 aliphatic carbocycles. The van der Waals surface area contributed by atoms with E-state index in [2.05, 4.69) is 26.3 Å². The molecule has 34 heavy (non-hydrogen) atoms. The number of nitrogens with one attached hydrogen (secondary N) is 1. The fourth-order valence-corrected chi connectivity index (χ4v) is 6.22. The molecule has 3 fully saturated rings. The van der Waals surface area contributed by atoms with Gasteiger partial charge in [0.1, 0.15) is 0 Å². The number of amides is 1. The van der Waals surface area contributed by atoms with Gasteiger partial charge in [-0.1, -0.05) is 17.3 Å². The van der Waals surface area contributed by atoms with E-state index in [-0.39, 0.29) is 5.91 Å². The molecule has 1 aromatic carbocycles. The van der Waals surface area contributed by atoms with E-state index in [1.54, 1.807) is 7.11 Å². The summed E-state index contributed by atoms with van der Waals surface area (Å²) in [6.45, 7) is 5.34. The van der Waals surface area contributed by atoms with E-state index in [4.69, 9.17) is 9.26 Å². The average Bonchev–Trinajstić information content (AvgIpc) is 3.51. The first-order chi connectivity index (χ1) is 16.7. The lowest BCUT2D eigenvalue weighted by Crippen LogP contribution is -2.47. The number of methoxy groups -OCH3 is 1. The van der Waals surface area contributed by atoms with Gasteiger partial charge in [0.05, 0.1) is 11.5 Å². The lowest BCUT2D eigenvalue weighted by Gasteiger charge is -2.36. The summed E-state index contributed by atoms with van der Waals surface area (Å²) in [7, 11) is 1.78. The normalized spacial score (nSPS) is 28.4. The molecule has 2 atom stereocenters. The first-order valence-corrected chi connectivity index (χ1v) is 13.3. The number of hydrogen-bond donors (Lipinski definition) is 1. The van der Waals surface area contributed by atoms with Crippen LogP contribution in [0, 0.1) is 11.8 Å². The summed E-state index contributed by atoms with van der Waals surface area (Å²) in [5, 5.41) is 8.76. The molecule has 2 heterocycles. The van der Waals surface area contributed by atoms with Gasteiger partial charge in [0.2, 0.25) is 5.91 Å². The number of rotatable bonds is 8. The fraction of sp³-hybridized carbons (Fsp3) is 0.704. The Morgan fingerprint density at radius 3 is 2.59 bits per heavy atom. The van der Waals surface area contributed by atoms with Gasteiger partial charge in [-0.15, -0.1) is 0 Å². The van der Waals surface area contributed by atoms with Gasteiger partial charge in [-0.05, 0) is 81.9 Å². The summed E-state index contributed by atoms with van der Waals surface area (Å²) in [6.07, 6.45) is 10.3. The predicted octanol–water partition coefficient (Wildman–Crippen LogP) is 4.22. The van der Waals surface area contributed by atoms with E-state index in [1.165, 1.54) is 25.8 Å². The Hall–Kier alpha value is -2.12. The Balaban J connectivity index is 0.978. The van der Waals surface area contributed by atoms with E-state index in [1.807, 2.05) is 18.2 Å². The van der Waals surface area contributed by atoms with Gasteiger partial charge in [0.25, 0.3) is 0 Å². The third-order valence-electron chi connectivity index (χ3n) is 8.40. The molecule has 0 unspecified atom stereocenters. The minimum absolute atomic E-state index is 0.253. The number of nitrogens with zero attached hydrogens (tertiary/aromatic N) is 3. The standard InChI is InChI=1S/C27H40N4O3/c1-33-23-11-8-21(18-23)19-26(32)28-22-9-6-20(7-10-22)12-13-30-14-16-31(17-15-30)27-24-4-2-3-5-25(24)34-29-27/h2-5,20-23H,6-19H2,1H3,(H,28,32)/t20?,21-,22?,23-/m1/s1. The van der Waals surface area contributed by atoms with Crippen LogP contribution in [0.5, 0.6) is 0 Å². The van der Waals surface area contributed by atoms with Gasteiger partial charge in [-0.2, -0.15) is 0 Å². The first-order valence-electron chi connectivity index (χ1n) is 13.3. The molecule has 7 nitrogen and oxygen atoms in total. The largest absolute Gasteiger partial charge is 0.381 e. The number of anilines is 1. The minimum atomic E-state index is 0.253. The zero-order valence-corrected chi connectivity index (χ0v) is 20.6. The molecule has 2 saturated carbocycles. The van der Waals surface area contributed by atoms with Gasteiger partial charge in [-0.3, -0.25) is 9.69 Å². The van der Waals surface area contributed by atoms with Crippen LogP contribution >= 0.6 is 0 Å². The van der Waals surface area contributed by atoms with Crippen LogP contribution in [0.1, 0.15) is 57.8 Å². The zero-order valence-electron chi connectivity index (χ0n) is 20.6. The number of aromatic nitrogens is 1. The van der Waals surface area contributed by atoms with Gasteiger partial charge < -0.3 is 19.5 Å². The SMILES string of the molecule is CO[C@@H]1CC[C@@H](CC(=O)NC2CCC(CCN3CCN(c4noc5ccccc45)CC3)CC2)C1. The maximum Gasteiger partial charge on any atom is 0.220 e. The number of ether oxygens (including phenoxy) is 1. The van der Waals surface area contributed by atoms with E-state index in [9.17, 15) is 4.79 Å². The maximum absolute atomic E-state index is 12.5. The van der Waals surface area contributed by atoms with Gasteiger partial charge in [0, 0.05) is 45.8 Å². The Labute approximate surface area is 203 Å². The first kappa shape index (κ1) is 23.6. The monoisotopic (exact) mass is 468 g/mol. The number of fused-ring (bicyclic) bond motifs is 1. The van der Waals surface area contributed by atoms with Crippen molar-refractivity contribution in [1.29, 1.82) is 0 Å². The highest BCUT2D eigenvalue weighted by Crippen LogP contribution is 2.31. The van der Waals surface area contributed by atoms with Crippen molar-refractivity contribution in [2.24, 2.45) is 11.8 Å². The number of hydrogen-bond acceptors (Lipinski definition) is 6. The molecule has 1 saturated heterocycles. The maximum atomic E-state index is 12.5. The Morgan fingerprint density at radius 2 is 1.82 bits per heavy atom. The number of para-hydroxylation sites is 1. The number of piperazine rings is 1. The third kappa shape index (κ3) is 5.74. The van der Waals surface area contributed by atoms with Crippen LogP contribution in [-0.4, -0.2) is 67.9 Å².